The molecule has 1 aromatic carbocycles. The zero-order valence-electron chi connectivity index (χ0n) is 10.4. The van der Waals surface area contributed by atoms with E-state index in [0.29, 0.717) is 11.4 Å². The highest BCUT2D eigenvalue weighted by Crippen LogP contribution is 2.11. The Morgan fingerprint density at radius 3 is 3.05 bits per heavy atom. The van der Waals surface area contributed by atoms with Crippen LogP contribution in [0.15, 0.2) is 36.8 Å². The molecular formula is C14H13N3O2. The first-order valence-corrected chi connectivity index (χ1v) is 5.68. The molecule has 2 N–H and O–H groups in total. The van der Waals surface area contributed by atoms with Gasteiger partial charge >= 0.3 is 0 Å². The Kier molecular flexibility index (Phi) is 3.96. The van der Waals surface area contributed by atoms with Crippen molar-refractivity contribution in [3.63, 3.8) is 0 Å². The molecule has 2 aromatic rings. The number of amides is 1. The van der Waals surface area contributed by atoms with Gasteiger partial charge in [-0.2, -0.15) is 0 Å². The average Bonchev–Trinajstić information content (AvgIpc) is 2.83. The van der Waals surface area contributed by atoms with Gasteiger partial charge in [0.25, 0.3) is 5.91 Å². The molecule has 0 atom stereocenters. The SMILES string of the molecule is Cn1cnc(C(=O)Nc2cccc(C#CCO)c2)c1. The molecule has 2 rings (SSSR count). The number of benzene rings is 1. The molecule has 96 valence electrons. The molecule has 0 bridgehead atoms. The predicted molar refractivity (Wildman–Crippen MR) is 71.6 cm³/mol. The molecule has 1 heterocycles. The van der Waals surface area contributed by atoms with E-state index < -0.39 is 0 Å². The fraction of sp³-hybridized carbons (Fsp3) is 0.143. The van der Waals surface area contributed by atoms with Crippen molar-refractivity contribution in [1.29, 1.82) is 0 Å². The van der Waals surface area contributed by atoms with Gasteiger partial charge in [0.1, 0.15) is 12.3 Å². The van der Waals surface area contributed by atoms with E-state index >= 15 is 0 Å². The number of imidazole rings is 1. The van der Waals surface area contributed by atoms with Crippen molar-refractivity contribution in [3.05, 3.63) is 48.0 Å². The molecular weight excluding hydrogens is 242 g/mol. The van der Waals surface area contributed by atoms with Gasteiger partial charge in [-0.25, -0.2) is 4.98 Å². The number of nitrogens with one attached hydrogen (secondary N) is 1. The zero-order chi connectivity index (χ0) is 13.7. The highest BCUT2D eigenvalue weighted by molar-refractivity contribution is 6.02. The lowest BCUT2D eigenvalue weighted by Gasteiger charge is -2.03. The largest absolute Gasteiger partial charge is 0.384 e. The van der Waals surface area contributed by atoms with Crippen LogP contribution in [0.5, 0.6) is 0 Å². The molecule has 1 aromatic heterocycles. The van der Waals surface area contributed by atoms with Crippen molar-refractivity contribution in [3.8, 4) is 11.8 Å². The summed E-state index contributed by atoms with van der Waals surface area (Å²) in [5.74, 6) is 5.07. The number of carbonyl (C=O) groups is 1. The summed E-state index contributed by atoms with van der Waals surface area (Å²) in [4.78, 5) is 15.9. The van der Waals surface area contributed by atoms with Crippen LogP contribution in [0.2, 0.25) is 0 Å². The number of aryl methyl sites for hydroxylation is 1. The summed E-state index contributed by atoms with van der Waals surface area (Å²) in [5.41, 5.74) is 1.72. The Morgan fingerprint density at radius 2 is 2.37 bits per heavy atom. The maximum absolute atomic E-state index is 11.9. The van der Waals surface area contributed by atoms with Crippen molar-refractivity contribution in [1.82, 2.24) is 9.55 Å². The van der Waals surface area contributed by atoms with Crippen LogP contribution in [0.4, 0.5) is 5.69 Å². The second kappa shape index (κ2) is 5.85. The number of aliphatic hydroxyl groups excluding tert-OH is 1. The van der Waals surface area contributed by atoms with E-state index in [1.165, 1.54) is 0 Å². The van der Waals surface area contributed by atoms with E-state index in [1.54, 1.807) is 48.4 Å². The Balaban J connectivity index is 2.13. The van der Waals surface area contributed by atoms with E-state index in [1.807, 2.05) is 0 Å². The maximum atomic E-state index is 11.9. The first-order chi connectivity index (χ1) is 9.19. The summed E-state index contributed by atoms with van der Waals surface area (Å²) in [6.45, 7) is -0.190. The van der Waals surface area contributed by atoms with Gasteiger partial charge in [0.15, 0.2) is 0 Å². The van der Waals surface area contributed by atoms with Crippen molar-refractivity contribution >= 4 is 11.6 Å². The third-order valence-corrected chi connectivity index (χ3v) is 2.37. The predicted octanol–water partition coefficient (Wildman–Crippen LogP) is 1.02. The summed E-state index contributed by atoms with van der Waals surface area (Å²) in [6, 6.07) is 7.10. The van der Waals surface area contributed by atoms with Crippen LogP contribution >= 0.6 is 0 Å². The van der Waals surface area contributed by atoms with Crippen molar-refractivity contribution in [2.24, 2.45) is 7.05 Å². The average molecular weight is 255 g/mol. The first kappa shape index (κ1) is 12.9. The Labute approximate surface area is 110 Å². The molecule has 0 saturated heterocycles. The zero-order valence-corrected chi connectivity index (χ0v) is 10.4. The molecule has 0 aliphatic carbocycles. The van der Waals surface area contributed by atoms with E-state index in [9.17, 15) is 4.79 Å². The molecule has 0 radical (unpaired) electrons. The molecule has 5 nitrogen and oxygen atoms in total. The van der Waals surface area contributed by atoms with Gasteiger partial charge in [-0.3, -0.25) is 4.79 Å². The van der Waals surface area contributed by atoms with Crippen LogP contribution < -0.4 is 5.32 Å². The van der Waals surface area contributed by atoms with Gasteiger partial charge in [-0.05, 0) is 18.2 Å². The molecule has 5 heteroatoms. The van der Waals surface area contributed by atoms with Crippen LogP contribution in [-0.4, -0.2) is 27.2 Å². The monoisotopic (exact) mass is 255 g/mol. The lowest BCUT2D eigenvalue weighted by molar-refractivity contribution is 0.102. The van der Waals surface area contributed by atoms with E-state index in [4.69, 9.17) is 5.11 Å². The van der Waals surface area contributed by atoms with Crippen LogP contribution in [0, 0.1) is 11.8 Å². The molecule has 0 unspecified atom stereocenters. The van der Waals surface area contributed by atoms with Crippen LogP contribution in [0.25, 0.3) is 0 Å². The fourth-order valence-corrected chi connectivity index (χ4v) is 1.54. The molecule has 19 heavy (non-hydrogen) atoms. The lowest BCUT2D eigenvalue weighted by Crippen LogP contribution is -2.12. The fourth-order valence-electron chi connectivity index (χ4n) is 1.54. The second-order valence-electron chi connectivity index (χ2n) is 3.92. The quantitative estimate of drug-likeness (QED) is 0.787. The van der Waals surface area contributed by atoms with E-state index in [2.05, 4.69) is 22.1 Å². The number of hydrogen-bond acceptors (Lipinski definition) is 3. The topological polar surface area (TPSA) is 67.2 Å². The first-order valence-electron chi connectivity index (χ1n) is 5.68. The van der Waals surface area contributed by atoms with Crippen molar-refractivity contribution in [2.75, 3.05) is 11.9 Å². The number of aromatic nitrogens is 2. The minimum atomic E-state index is -0.270. The number of anilines is 1. The maximum Gasteiger partial charge on any atom is 0.275 e. The third kappa shape index (κ3) is 3.44. The number of rotatable bonds is 2. The molecule has 0 aliphatic rings. The van der Waals surface area contributed by atoms with E-state index in [-0.39, 0.29) is 12.5 Å². The highest BCUT2D eigenvalue weighted by Gasteiger charge is 2.08. The number of hydrogen-bond donors (Lipinski definition) is 2. The highest BCUT2D eigenvalue weighted by atomic mass is 16.2. The number of aliphatic hydroxyl groups is 1. The Bertz CT molecular complexity index is 650. The standard InChI is InChI=1S/C14H13N3O2/c1-17-9-13(15-10-17)14(19)16-12-6-2-4-11(8-12)5-3-7-18/h2,4,6,8-10,18H,7H2,1H3,(H,16,19). The van der Waals surface area contributed by atoms with Gasteiger partial charge in [0.05, 0.1) is 6.33 Å². The second-order valence-corrected chi connectivity index (χ2v) is 3.92. The van der Waals surface area contributed by atoms with E-state index in [0.717, 1.165) is 5.56 Å². The molecule has 0 aliphatic heterocycles. The van der Waals surface area contributed by atoms with Gasteiger partial charge < -0.3 is 15.0 Å². The van der Waals surface area contributed by atoms with Crippen LogP contribution in [-0.2, 0) is 7.05 Å². The Morgan fingerprint density at radius 1 is 1.53 bits per heavy atom. The smallest absolute Gasteiger partial charge is 0.275 e. The molecule has 1 amide bonds. The van der Waals surface area contributed by atoms with Gasteiger partial charge in [0.2, 0.25) is 0 Å². The van der Waals surface area contributed by atoms with Crippen LogP contribution in [0.3, 0.4) is 0 Å². The third-order valence-electron chi connectivity index (χ3n) is 2.37. The van der Waals surface area contributed by atoms with Crippen LogP contribution in [0.1, 0.15) is 16.1 Å². The normalized spacial score (nSPS) is 9.58. The minimum absolute atomic E-state index is 0.190. The van der Waals surface area contributed by atoms with Crippen molar-refractivity contribution < 1.29 is 9.90 Å². The van der Waals surface area contributed by atoms with Gasteiger partial charge in [-0.1, -0.05) is 17.9 Å². The number of nitrogens with zero attached hydrogens (tertiary/aromatic N) is 2. The molecule has 0 spiro atoms. The summed E-state index contributed by atoms with van der Waals surface area (Å²) in [7, 11) is 1.80. The molecule has 0 saturated carbocycles. The number of carbonyl (C=O) groups excluding carboxylic acids is 1. The summed E-state index contributed by atoms with van der Waals surface area (Å²) in [6.07, 6.45) is 3.21. The Hall–Kier alpha value is -2.58. The van der Waals surface area contributed by atoms with Gasteiger partial charge in [0, 0.05) is 24.5 Å². The van der Waals surface area contributed by atoms with Gasteiger partial charge in [-0.15, -0.1) is 0 Å². The molecule has 0 fully saturated rings. The minimum Gasteiger partial charge on any atom is -0.384 e. The summed E-state index contributed by atoms with van der Waals surface area (Å²) < 4.78 is 1.71. The lowest BCUT2D eigenvalue weighted by atomic mass is 10.2. The summed E-state index contributed by atoms with van der Waals surface area (Å²) in [5, 5.41) is 11.4. The summed E-state index contributed by atoms with van der Waals surface area (Å²) >= 11 is 0. The van der Waals surface area contributed by atoms with Crippen molar-refractivity contribution in [2.45, 2.75) is 0 Å².